The van der Waals surface area contributed by atoms with E-state index < -0.39 is 34.3 Å². The fourth-order valence-electron chi connectivity index (χ4n) is 3.62. The van der Waals surface area contributed by atoms with Gasteiger partial charge in [-0.15, -0.1) is 0 Å². The minimum atomic E-state index is -4.19. The second-order valence-corrected chi connectivity index (χ2v) is 10.7. The zero-order valence-corrected chi connectivity index (χ0v) is 22.2. The van der Waals surface area contributed by atoms with Crippen molar-refractivity contribution in [3.63, 3.8) is 0 Å². The molecule has 10 heteroatoms. The Kier molecular flexibility index (Phi) is 9.66. The fourth-order valence-corrected chi connectivity index (χ4v) is 5.18. The van der Waals surface area contributed by atoms with E-state index in [1.807, 2.05) is 6.92 Å². The van der Waals surface area contributed by atoms with Crippen LogP contribution in [-0.2, 0) is 26.2 Å². The molecule has 0 aromatic heterocycles. The van der Waals surface area contributed by atoms with E-state index in [2.05, 4.69) is 5.32 Å². The van der Waals surface area contributed by atoms with Gasteiger partial charge in [-0.05, 0) is 67.4 Å². The first-order valence-electron chi connectivity index (χ1n) is 11.8. The van der Waals surface area contributed by atoms with Crippen molar-refractivity contribution in [3.05, 3.63) is 95.3 Å². The summed E-state index contributed by atoms with van der Waals surface area (Å²) in [7, 11) is -4.19. The molecule has 0 aliphatic rings. The molecule has 0 saturated carbocycles. The summed E-state index contributed by atoms with van der Waals surface area (Å²) in [5.41, 5.74) is 0.834. The summed E-state index contributed by atoms with van der Waals surface area (Å²) in [5.74, 6) is -1.50. The highest BCUT2D eigenvalue weighted by Gasteiger charge is 2.32. The molecule has 0 heterocycles. The van der Waals surface area contributed by atoms with Crippen molar-refractivity contribution >= 4 is 39.1 Å². The van der Waals surface area contributed by atoms with Gasteiger partial charge in [0.1, 0.15) is 18.4 Å². The number of rotatable bonds is 11. The van der Waals surface area contributed by atoms with Gasteiger partial charge < -0.3 is 10.2 Å². The van der Waals surface area contributed by atoms with Crippen molar-refractivity contribution in [2.24, 2.45) is 0 Å². The molecule has 3 aromatic rings. The number of hydrogen-bond donors (Lipinski definition) is 1. The van der Waals surface area contributed by atoms with Gasteiger partial charge in [-0.3, -0.25) is 13.9 Å². The zero-order valence-electron chi connectivity index (χ0n) is 20.6. The minimum Gasteiger partial charge on any atom is -0.354 e. The van der Waals surface area contributed by atoms with Crippen LogP contribution in [0.1, 0.15) is 25.8 Å². The van der Waals surface area contributed by atoms with Crippen LogP contribution in [0.3, 0.4) is 0 Å². The summed E-state index contributed by atoms with van der Waals surface area (Å²) in [6.07, 6.45) is 0.719. The number of hydrogen-bond acceptors (Lipinski definition) is 4. The van der Waals surface area contributed by atoms with Crippen LogP contribution in [0.5, 0.6) is 0 Å². The highest BCUT2D eigenvalue weighted by atomic mass is 35.5. The molecule has 0 aliphatic carbocycles. The van der Waals surface area contributed by atoms with Gasteiger partial charge in [-0.25, -0.2) is 12.8 Å². The molecule has 0 aliphatic heterocycles. The van der Waals surface area contributed by atoms with Crippen LogP contribution in [0.15, 0.2) is 83.8 Å². The lowest BCUT2D eigenvalue weighted by atomic mass is 10.1. The molecule has 0 unspecified atom stereocenters. The molecule has 3 aromatic carbocycles. The lowest BCUT2D eigenvalue weighted by Crippen LogP contribution is -2.51. The van der Waals surface area contributed by atoms with Gasteiger partial charge >= 0.3 is 0 Å². The molecule has 0 bridgehead atoms. The SMILES string of the molecule is CCCNC(=O)[C@H](C)N(Cc1ccc(Cl)cc1)C(=O)CN(c1ccc(F)cc1)S(=O)(=O)c1ccccc1. The Morgan fingerprint density at radius 2 is 1.59 bits per heavy atom. The van der Waals surface area contributed by atoms with Crippen LogP contribution in [0.25, 0.3) is 0 Å². The predicted molar refractivity (Wildman–Crippen MR) is 142 cm³/mol. The number of halogens is 2. The van der Waals surface area contributed by atoms with Crippen molar-refractivity contribution in [3.8, 4) is 0 Å². The average Bonchev–Trinajstić information content (AvgIpc) is 2.90. The Morgan fingerprint density at radius 1 is 0.973 bits per heavy atom. The van der Waals surface area contributed by atoms with E-state index in [1.165, 1.54) is 29.2 Å². The first kappa shape index (κ1) is 28.1. The monoisotopic (exact) mass is 545 g/mol. The van der Waals surface area contributed by atoms with E-state index in [4.69, 9.17) is 11.6 Å². The van der Waals surface area contributed by atoms with E-state index in [-0.39, 0.29) is 23.0 Å². The quantitative estimate of drug-likeness (QED) is 0.381. The molecular formula is C27H29ClFN3O4S. The zero-order chi connectivity index (χ0) is 27.0. The standard InChI is InChI=1S/C27H29ClFN3O4S/c1-3-17-30-27(34)20(2)31(18-21-9-11-22(28)12-10-21)26(33)19-32(24-15-13-23(29)14-16-24)37(35,36)25-7-5-4-6-8-25/h4-16,20H,3,17-19H2,1-2H3,(H,30,34)/t20-/m0/s1. The normalized spacial score (nSPS) is 12.0. The molecule has 3 rings (SSSR count). The van der Waals surface area contributed by atoms with E-state index >= 15 is 0 Å². The molecule has 7 nitrogen and oxygen atoms in total. The summed E-state index contributed by atoms with van der Waals surface area (Å²) in [6.45, 7) is 3.40. The number of nitrogens with one attached hydrogen (secondary N) is 1. The van der Waals surface area contributed by atoms with E-state index in [0.717, 1.165) is 22.9 Å². The van der Waals surface area contributed by atoms with Crippen LogP contribution in [0.2, 0.25) is 5.02 Å². The Bertz CT molecular complexity index is 1300. The summed E-state index contributed by atoms with van der Waals surface area (Å²) in [6, 6.07) is 18.4. The Labute approximate surface area is 221 Å². The molecule has 0 saturated heterocycles. The molecule has 37 heavy (non-hydrogen) atoms. The van der Waals surface area contributed by atoms with Crippen LogP contribution < -0.4 is 9.62 Å². The number of amides is 2. The molecule has 2 amide bonds. The summed E-state index contributed by atoms with van der Waals surface area (Å²) in [4.78, 5) is 27.8. The second-order valence-electron chi connectivity index (χ2n) is 8.42. The van der Waals surface area contributed by atoms with Gasteiger partial charge in [0.15, 0.2) is 0 Å². The molecule has 0 spiro atoms. The lowest BCUT2D eigenvalue weighted by Gasteiger charge is -2.32. The van der Waals surface area contributed by atoms with Gasteiger partial charge in [0.2, 0.25) is 11.8 Å². The average molecular weight is 546 g/mol. The lowest BCUT2D eigenvalue weighted by molar-refractivity contribution is -0.139. The third-order valence-corrected chi connectivity index (χ3v) is 7.75. The number of benzene rings is 3. The highest BCUT2D eigenvalue weighted by molar-refractivity contribution is 7.92. The Morgan fingerprint density at radius 3 is 2.19 bits per heavy atom. The Balaban J connectivity index is 1.99. The molecule has 196 valence electrons. The van der Waals surface area contributed by atoms with Crippen LogP contribution in [0, 0.1) is 5.82 Å². The maximum Gasteiger partial charge on any atom is 0.264 e. The van der Waals surface area contributed by atoms with Crippen LogP contribution in [0.4, 0.5) is 10.1 Å². The van der Waals surface area contributed by atoms with Crippen molar-refractivity contribution < 1.29 is 22.4 Å². The molecule has 1 N–H and O–H groups in total. The smallest absolute Gasteiger partial charge is 0.264 e. The van der Waals surface area contributed by atoms with Crippen molar-refractivity contribution in [2.45, 2.75) is 37.8 Å². The third-order valence-electron chi connectivity index (χ3n) is 5.71. The first-order valence-corrected chi connectivity index (χ1v) is 13.6. The third kappa shape index (κ3) is 7.30. The van der Waals surface area contributed by atoms with E-state index in [9.17, 15) is 22.4 Å². The van der Waals surface area contributed by atoms with Crippen molar-refractivity contribution in [1.82, 2.24) is 10.2 Å². The predicted octanol–water partition coefficient (Wildman–Crippen LogP) is 4.62. The van der Waals surface area contributed by atoms with E-state index in [1.54, 1.807) is 49.4 Å². The number of anilines is 1. The van der Waals surface area contributed by atoms with Crippen molar-refractivity contribution in [2.75, 3.05) is 17.4 Å². The molecule has 1 atom stereocenters. The highest BCUT2D eigenvalue weighted by Crippen LogP contribution is 2.25. The van der Waals surface area contributed by atoms with Gasteiger partial charge in [0.05, 0.1) is 10.6 Å². The molecule has 0 fully saturated rings. The van der Waals surface area contributed by atoms with Gasteiger partial charge in [-0.2, -0.15) is 0 Å². The van der Waals surface area contributed by atoms with Gasteiger partial charge in [0, 0.05) is 18.1 Å². The van der Waals surface area contributed by atoms with Gasteiger partial charge in [-0.1, -0.05) is 48.9 Å². The van der Waals surface area contributed by atoms with Crippen LogP contribution >= 0.6 is 11.6 Å². The van der Waals surface area contributed by atoms with E-state index in [0.29, 0.717) is 17.1 Å². The largest absolute Gasteiger partial charge is 0.354 e. The molecular weight excluding hydrogens is 517 g/mol. The fraction of sp³-hybridized carbons (Fsp3) is 0.259. The number of carbonyl (C=O) groups is 2. The summed E-state index contributed by atoms with van der Waals surface area (Å²) < 4.78 is 41.7. The van der Waals surface area contributed by atoms with Crippen LogP contribution in [-0.4, -0.2) is 44.3 Å². The van der Waals surface area contributed by atoms with Crippen molar-refractivity contribution in [1.29, 1.82) is 0 Å². The maximum absolute atomic E-state index is 13.7. The maximum atomic E-state index is 13.7. The minimum absolute atomic E-state index is 0.0230. The topological polar surface area (TPSA) is 86.8 Å². The summed E-state index contributed by atoms with van der Waals surface area (Å²) in [5, 5.41) is 3.30. The summed E-state index contributed by atoms with van der Waals surface area (Å²) >= 11 is 5.99. The number of sulfonamides is 1. The van der Waals surface area contributed by atoms with Gasteiger partial charge in [0.25, 0.3) is 10.0 Å². The number of nitrogens with zero attached hydrogens (tertiary/aromatic N) is 2. The first-order chi connectivity index (χ1) is 17.6. The Hall–Kier alpha value is -3.43. The molecule has 0 radical (unpaired) electrons. The number of carbonyl (C=O) groups excluding carboxylic acids is 2. The second kappa shape index (κ2) is 12.7.